The second kappa shape index (κ2) is 8.61. The lowest BCUT2D eigenvalue weighted by Crippen LogP contribution is -2.13. The van der Waals surface area contributed by atoms with Crippen LogP contribution >= 0.6 is 0 Å². The molecule has 0 radical (unpaired) electrons. The smallest absolute Gasteiger partial charge is 0.257 e. The van der Waals surface area contributed by atoms with Crippen LogP contribution in [-0.2, 0) is 6.42 Å². The lowest BCUT2D eigenvalue weighted by atomic mass is 10.1. The quantitative estimate of drug-likeness (QED) is 0.395. The average Bonchev–Trinajstić information content (AvgIpc) is 3.17. The number of nitrogens with one attached hydrogen (secondary N) is 3. The minimum Gasteiger partial charge on any atom is -0.383 e. The van der Waals surface area contributed by atoms with Crippen LogP contribution < -0.4 is 10.6 Å². The molecule has 4 aromatic rings. The van der Waals surface area contributed by atoms with Crippen molar-refractivity contribution in [3.63, 3.8) is 0 Å². The van der Waals surface area contributed by atoms with Gasteiger partial charge in [0.15, 0.2) is 5.78 Å². The third kappa shape index (κ3) is 4.38. The Morgan fingerprint density at radius 1 is 0.967 bits per heavy atom. The highest BCUT2D eigenvalue weighted by molar-refractivity contribution is 6.05. The zero-order valence-corrected chi connectivity index (χ0v) is 16.6. The summed E-state index contributed by atoms with van der Waals surface area (Å²) in [6.45, 7) is 2.21. The van der Waals surface area contributed by atoms with E-state index >= 15 is 0 Å². The molecule has 0 aliphatic carbocycles. The largest absolute Gasteiger partial charge is 0.383 e. The van der Waals surface area contributed by atoms with Gasteiger partial charge in [-0.25, -0.2) is 0 Å². The lowest BCUT2D eigenvalue weighted by Gasteiger charge is -2.09. The van der Waals surface area contributed by atoms with Gasteiger partial charge in [-0.15, -0.1) is 0 Å². The number of amides is 1. The van der Waals surface area contributed by atoms with Gasteiger partial charge in [0.25, 0.3) is 5.91 Å². The third-order valence-corrected chi connectivity index (χ3v) is 4.93. The van der Waals surface area contributed by atoms with Gasteiger partial charge >= 0.3 is 0 Å². The molecule has 0 unspecified atom stereocenters. The molecule has 2 aromatic heterocycles. The number of para-hydroxylation sites is 1. The Morgan fingerprint density at radius 2 is 1.80 bits per heavy atom. The van der Waals surface area contributed by atoms with Crippen LogP contribution in [0.4, 0.5) is 11.4 Å². The molecule has 0 saturated carbocycles. The summed E-state index contributed by atoms with van der Waals surface area (Å²) in [6.07, 6.45) is 6.10. The first-order valence-electron chi connectivity index (χ1n) is 9.76. The van der Waals surface area contributed by atoms with E-state index in [0.717, 1.165) is 24.2 Å². The van der Waals surface area contributed by atoms with Gasteiger partial charge < -0.3 is 15.6 Å². The van der Waals surface area contributed by atoms with Crippen LogP contribution in [0.2, 0.25) is 0 Å². The van der Waals surface area contributed by atoms with Gasteiger partial charge in [-0.1, -0.05) is 30.3 Å². The highest BCUT2D eigenvalue weighted by Crippen LogP contribution is 2.19. The zero-order valence-electron chi connectivity index (χ0n) is 16.6. The summed E-state index contributed by atoms with van der Waals surface area (Å²) < 4.78 is 0. The molecule has 6 nitrogen and oxygen atoms in total. The van der Waals surface area contributed by atoms with Crippen molar-refractivity contribution < 1.29 is 9.59 Å². The molecule has 0 aliphatic heterocycles. The van der Waals surface area contributed by atoms with Crippen LogP contribution in [0.25, 0.3) is 10.9 Å². The number of H-pyrrole nitrogens is 1. The predicted octanol–water partition coefficient (Wildman–Crippen LogP) is 4.67. The van der Waals surface area contributed by atoms with E-state index in [1.54, 1.807) is 36.5 Å². The molecule has 30 heavy (non-hydrogen) atoms. The average molecular weight is 398 g/mol. The number of aromatic amines is 1. The minimum absolute atomic E-state index is 0.0471. The molecule has 6 heteroatoms. The number of carbonyl (C=O) groups is 2. The Kier molecular flexibility index (Phi) is 5.57. The van der Waals surface area contributed by atoms with Crippen molar-refractivity contribution in [3.05, 3.63) is 89.9 Å². The number of ketones is 1. The normalized spacial score (nSPS) is 10.7. The van der Waals surface area contributed by atoms with Crippen molar-refractivity contribution in [1.82, 2.24) is 9.97 Å². The molecule has 150 valence electrons. The van der Waals surface area contributed by atoms with Crippen LogP contribution in [0.5, 0.6) is 0 Å². The number of hydrogen-bond acceptors (Lipinski definition) is 4. The van der Waals surface area contributed by atoms with Crippen LogP contribution in [-0.4, -0.2) is 28.2 Å². The van der Waals surface area contributed by atoms with Crippen molar-refractivity contribution in [2.24, 2.45) is 0 Å². The molecular formula is C24H22N4O2. The van der Waals surface area contributed by atoms with Gasteiger partial charge in [-0.3, -0.25) is 14.6 Å². The van der Waals surface area contributed by atoms with Crippen molar-refractivity contribution in [3.8, 4) is 0 Å². The number of fused-ring (bicyclic) bond motifs is 1. The lowest BCUT2D eigenvalue weighted by molar-refractivity contribution is 0.101. The van der Waals surface area contributed by atoms with Crippen molar-refractivity contribution >= 4 is 34.0 Å². The van der Waals surface area contributed by atoms with Gasteiger partial charge in [0.05, 0.1) is 11.3 Å². The summed E-state index contributed by atoms with van der Waals surface area (Å²) in [7, 11) is 0. The fourth-order valence-corrected chi connectivity index (χ4v) is 3.36. The molecule has 0 saturated heterocycles. The van der Waals surface area contributed by atoms with E-state index < -0.39 is 0 Å². The number of Topliss-reactive ketones (excluding diaryl/α,β-unsaturated/α-hetero) is 1. The second-order valence-electron chi connectivity index (χ2n) is 7.09. The van der Waals surface area contributed by atoms with Gasteiger partial charge in [-0.05, 0) is 43.2 Å². The first-order valence-corrected chi connectivity index (χ1v) is 9.76. The van der Waals surface area contributed by atoms with Crippen molar-refractivity contribution in [2.45, 2.75) is 13.3 Å². The third-order valence-electron chi connectivity index (χ3n) is 4.93. The summed E-state index contributed by atoms with van der Waals surface area (Å²) in [5, 5.41) is 7.37. The van der Waals surface area contributed by atoms with Crippen LogP contribution in [0.3, 0.4) is 0 Å². The standard InChI is InChI=1S/C24H22N4O2/c1-16(29)17-5-4-6-20(11-17)28-24(30)19-12-21(15-25-13-19)26-10-9-18-14-27-23-8-3-2-7-22(18)23/h2-8,11-15,26-27H,9-10H2,1H3,(H,28,30). The molecule has 2 aromatic carbocycles. The molecule has 1 amide bonds. The molecule has 3 N–H and O–H groups in total. The number of carbonyl (C=O) groups excluding carboxylic acids is 2. The van der Waals surface area contributed by atoms with E-state index in [9.17, 15) is 9.59 Å². The molecule has 2 heterocycles. The van der Waals surface area contributed by atoms with E-state index in [0.29, 0.717) is 16.8 Å². The Balaban J connectivity index is 1.39. The Morgan fingerprint density at radius 3 is 2.67 bits per heavy atom. The molecule has 4 rings (SSSR count). The number of hydrogen-bond donors (Lipinski definition) is 3. The molecule has 0 fully saturated rings. The molecular weight excluding hydrogens is 376 g/mol. The Labute approximate surface area is 174 Å². The van der Waals surface area contributed by atoms with Crippen molar-refractivity contribution in [2.75, 3.05) is 17.2 Å². The number of benzene rings is 2. The van der Waals surface area contributed by atoms with E-state index in [2.05, 4.69) is 32.7 Å². The molecule has 0 bridgehead atoms. The Bertz CT molecular complexity index is 1210. The van der Waals surface area contributed by atoms with E-state index in [4.69, 9.17) is 0 Å². The van der Waals surface area contributed by atoms with Crippen molar-refractivity contribution in [1.29, 1.82) is 0 Å². The van der Waals surface area contributed by atoms with E-state index in [-0.39, 0.29) is 11.7 Å². The monoisotopic (exact) mass is 398 g/mol. The summed E-state index contributed by atoms with van der Waals surface area (Å²) in [5.41, 5.74) is 4.72. The fraction of sp³-hybridized carbons (Fsp3) is 0.125. The zero-order chi connectivity index (χ0) is 20.9. The maximum atomic E-state index is 12.6. The highest BCUT2D eigenvalue weighted by atomic mass is 16.1. The highest BCUT2D eigenvalue weighted by Gasteiger charge is 2.09. The van der Waals surface area contributed by atoms with Crippen LogP contribution in [0.15, 0.2) is 73.2 Å². The number of nitrogens with zero attached hydrogens (tertiary/aromatic N) is 1. The van der Waals surface area contributed by atoms with Gasteiger partial charge in [0, 0.05) is 47.3 Å². The van der Waals surface area contributed by atoms with Crippen LogP contribution in [0.1, 0.15) is 33.2 Å². The van der Waals surface area contributed by atoms with Crippen LogP contribution in [0, 0.1) is 0 Å². The molecule has 0 spiro atoms. The van der Waals surface area contributed by atoms with Gasteiger partial charge in [0.2, 0.25) is 0 Å². The first kappa shape index (κ1) is 19.4. The minimum atomic E-state index is -0.275. The van der Waals surface area contributed by atoms with Gasteiger partial charge in [-0.2, -0.15) is 0 Å². The summed E-state index contributed by atoms with van der Waals surface area (Å²) in [6, 6.07) is 16.9. The SMILES string of the molecule is CC(=O)c1cccc(NC(=O)c2cncc(NCCc3c[nH]c4ccccc34)c2)c1. The Hall–Kier alpha value is -3.93. The predicted molar refractivity (Wildman–Crippen MR) is 119 cm³/mol. The number of rotatable bonds is 7. The number of pyridine rings is 1. The first-order chi connectivity index (χ1) is 14.6. The molecule has 0 atom stereocenters. The van der Waals surface area contributed by atoms with E-state index in [1.165, 1.54) is 24.1 Å². The number of anilines is 2. The second-order valence-corrected chi connectivity index (χ2v) is 7.09. The summed E-state index contributed by atoms with van der Waals surface area (Å²) in [5.74, 6) is -0.322. The maximum Gasteiger partial charge on any atom is 0.257 e. The topological polar surface area (TPSA) is 86.9 Å². The molecule has 0 aliphatic rings. The summed E-state index contributed by atoms with van der Waals surface area (Å²) in [4.78, 5) is 31.6. The fourth-order valence-electron chi connectivity index (χ4n) is 3.36. The maximum absolute atomic E-state index is 12.6. The van der Waals surface area contributed by atoms with Gasteiger partial charge in [0.1, 0.15) is 0 Å². The van der Waals surface area contributed by atoms with E-state index in [1.807, 2.05) is 18.3 Å². The summed E-state index contributed by atoms with van der Waals surface area (Å²) >= 11 is 0. The number of aromatic nitrogens is 2.